The SMILES string of the molecule is Cc1cc2c(s1)Nc1ccccc1N=C2N1CCN(C)C(COCc2ccccc2)C1. The molecule has 5 nitrogen and oxygen atoms in total. The van der Waals surface area contributed by atoms with Gasteiger partial charge in [-0.15, -0.1) is 11.3 Å². The molecule has 3 heterocycles. The van der Waals surface area contributed by atoms with Gasteiger partial charge >= 0.3 is 0 Å². The summed E-state index contributed by atoms with van der Waals surface area (Å²) in [7, 11) is 2.19. The van der Waals surface area contributed by atoms with E-state index in [0.717, 1.165) is 36.8 Å². The Morgan fingerprint density at radius 1 is 1.10 bits per heavy atom. The van der Waals surface area contributed by atoms with Crippen molar-refractivity contribution >= 4 is 33.5 Å². The zero-order valence-corrected chi connectivity index (χ0v) is 18.9. The number of fused-ring (bicyclic) bond motifs is 2. The van der Waals surface area contributed by atoms with Crippen LogP contribution in [0.1, 0.15) is 16.0 Å². The molecule has 0 radical (unpaired) electrons. The van der Waals surface area contributed by atoms with Gasteiger partial charge in [-0.25, -0.2) is 4.99 Å². The number of likely N-dealkylation sites (N-methyl/N-ethyl adjacent to an activating group) is 1. The Bertz CT molecular complexity index is 1080. The summed E-state index contributed by atoms with van der Waals surface area (Å²) in [5.41, 5.74) is 4.48. The van der Waals surface area contributed by atoms with E-state index in [1.54, 1.807) is 11.3 Å². The number of hydrogen-bond donors (Lipinski definition) is 1. The summed E-state index contributed by atoms with van der Waals surface area (Å²) >= 11 is 1.79. The Kier molecular flexibility index (Phi) is 5.76. The lowest BCUT2D eigenvalue weighted by Gasteiger charge is -2.40. The Hall–Kier alpha value is -2.67. The van der Waals surface area contributed by atoms with E-state index in [0.29, 0.717) is 19.3 Å². The zero-order chi connectivity index (χ0) is 21.2. The maximum atomic E-state index is 6.10. The number of aryl methyl sites for hydroxylation is 1. The lowest BCUT2D eigenvalue weighted by molar-refractivity contribution is 0.0325. The number of thiophene rings is 1. The van der Waals surface area contributed by atoms with Gasteiger partial charge in [0.05, 0.1) is 36.2 Å². The molecular weight excluding hydrogens is 404 g/mol. The van der Waals surface area contributed by atoms with Crippen molar-refractivity contribution in [3.8, 4) is 0 Å². The fourth-order valence-electron chi connectivity index (χ4n) is 4.19. The number of nitrogens with zero attached hydrogens (tertiary/aromatic N) is 3. The highest BCUT2D eigenvalue weighted by molar-refractivity contribution is 7.16. The molecule has 1 saturated heterocycles. The molecule has 5 rings (SSSR count). The molecule has 3 aromatic rings. The molecule has 0 amide bonds. The maximum Gasteiger partial charge on any atom is 0.139 e. The predicted molar refractivity (Wildman–Crippen MR) is 129 cm³/mol. The van der Waals surface area contributed by atoms with Gasteiger partial charge in [-0.3, -0.25) is 4.90 Å². The van der Waals surface area contributed by atoms with E-state index >= 15 is 0 Å². The van der Waals surface area contributed by atoms with Gasteiger partial charge in [0.15, 0.2) is 0 Å². The number of hydrogen-bond acceptors (Lipinski definition) is 6. The molecule has 31 heavy (non-hydrogen) atoms. The van der Waals surface area contributed by atoms with Crippen molar-refractivity contribution in [1.29, 1.82) is 0 Å². The van der Waals surface area contributed by atoms with Crippen molar-refractivity contribution in [2.75, 3.05) is 38.6 Å². The van der Waals surface area contributed by atoms with E-state index in [4.69, 9.17) is 9.73 Å². The van der Waals surface area contributed by atoms with Gasteiger partial charge < -0.3 is 15.0 Å². The molecule has 1 atom stereocenters. The van der Waals surface area contributed by atoms with Crippen LogP contribution in [-0.4, -0.2) is 55.0 Å². The molecule has 160 valence electrons. The molecule has 0 aliphatic carbocycles. The standard InChI is InChI=1S/C25H28N4OS/c1-18-14-21-24(26-22-10-6-7-11-23(22)27-25(21)31-18)29-13-12-28(2)20(15-29)17-30-16-19-8-4-3-5-9-19/h3-11,14,20,27H,12-13,15-17H2,1-2H3. The minimum atomic E-state index is 0.329. The summed E-state index contributed by atoms with van der Waals surface area (Å²) in [6.45, 7) is 6.37. The number of piperazine rings is 1. The van der Waals surface area contributed by atoms with Crippen LogP contribution < -0.4 is 5.32 Å². The van der Waals surface area contributed by atoms with Crippen molar-refractivity contribution in [3.63, 3.8) is 0 Å². The highest BCUT2D eigenvalue weighted by atomic mass is 32.1. The molecule has 1 N–H and O–H groups in total. The van der Waals surface area contributed by atoms with E-state index in [1.807, 2.05) is 6.07 Å². The van der Waals surface area contributed by atoms with Gasteiger partial charge in [0.25, 0.3) is 0 Å². The molecule has 0 bridgehead atoms. The second kappa shape index (κ2) is 8.83. The van der Waals surface area contributed by atoms with Crippen molar-refractivity contribution in [2.45, 2.75) is 19.6 Å². The summed E-state index contributed by atoms with van der Waals surface area (Å²) < 4.78 is 6.10. The third-order valence-corrected chi connectivity index (χ3v) is 6.94. The van der Waals surface area contributed by atoms with Crippen LogP contribution in [0.3, 0.4) is 0 Å². The molecule has 6 heteroatoms. The number of amidine groups is 1. The van der Waals surface area contributed by atoms with Gasteiger partial charge in [0.2, 0.25) is 0 Å². The topological polar surface area (TPSA) is 40.1 Å². The first-order valence-corrected chi connectivity index (χ1v) is 11.6. The summed E-state index contributed by atoms with van der Waals surface area (Å²) in [5, 5.41) is 4.79. The van der Waals surface area contributed by atoms with Crippen LogP contribution in [0, 0.1) is 6.92 Å². The van der Waals surface area contributed by atoms with Crippen LogP contribution >= 0.6 is 11.3 Å². The highest BCUT2D eigenvalue weighted by Gasteiger charge is 2.30. The largest absolute Gasteiger partial charge is 0.375 e. The van der Waals surface area contributed by atoms with Gasteiger partial charge in [0, 0.05) is 24.5 Å². The fraction of sp³-hybridized carbons (Fsp3) is 0.320. The van der Waals surface area contributed by atoms with Crippen molar-refractivity contribution in [3.05, 3.63) is 76.7 Å². The Labute approximate surface area is 188 Å². The van der Waals surface area contributed by atoms with E-state index in [-0.39, 0.29) is 0 Å². The monoisotopic (exact) mass is 432 g/mol. The molecule has 2 aliphatic rings. The molecular formula is C25H28N4OS. The average molecular weight is 433 g/mol. The number of aliphatic imine (C=N–C) groups is 1. The van der Waals surface area contributed by atoms with E-state index in [1.165, 1.54) is 21.0 Å². The number of anilines is 2. The molecule has 1 fully saturated rings. The fourth-order valence-corrected chi connectivity index (χ4v) is 5.11. The first kappa shape index (κ1) is 20.2. The Morgan fingerprint density at radius 2 is 1.90 bits per heavy atom. The van der Waals surface area contributed by atoms with Crippen LogP contribution in [0.25, 0.3) is 0 Å². The zero-order valence-electron chi connectivity index (χ0n) is 18.0. The van der Waals surface area contributed by atoms with Crippen LogP contribution in [0.15, 0.2) is 65.7 Å². The number of ether oxygens (including phenoxy) is 1. The number of nitrogens with one attached hydrogen (secondary N) is 1. The molecule has 0 saturated carbocycles. The molecule has 2 aliphatic heterocycles. The molecule has 1 aromatic heterocycles. The van der Waals surface area contributed by atoms with Crippen molar-refractivity contribution in [1.82, 2.24) is 9.80 Å². The minimum absolute atomic E-state index is 0.329. The van der Waals surface area contributed by atoms with Crippen molar-refractivity contribution < 1.29 is 4.74 Å². The van der Waals surface area contributed by atoms with Crippen LogP contribution in [0.2, 0.25) is 0 Å². The molecule has 1 unspecified atom stereocenters. The van der Waals surface area contributed by atoms with Gasteiger partial charge in [0.1, 0.15) is 10.8 Å². The summed E-state index contributed by atoms with van der Waals surface area (Å²) in [6, 6.07) is 21.3. The van der Waals surface area contributed by atoms with Crippen LogP contribution in [-0.2, 0) is 11.3 Å². The van der Waals surface area contributed by atoms with Crippen LogP contribution in [0.4, 0.5) is 16.4 Å². The predicted octanol–water partition coefficient (Wildman–Crippen LogP) is 5.02. The molecule has 2 aromatic carbocycles. The number of rotatable bonds is 4. The Balaban J connectivity index is 1.36. The van der Waals surface area contributed by atoms with Crippen LogP contribution in [0.5, 0.6) is 0 Å². The first-order valence-electron chi connectivity index (χ1n) is 10.8. The van der Waals surface area contributed by atoms with Gasteiger partial charge in [-0.1, -0.05) is 42.5 Å². The van der Waals surface area contributed by atoms with Gasteiger partial charge in [-0.2, -0.15) is 0 Å². The lowest BCUT2D eigenvalue weighted by Crippen LogP contribution is -2.55. The second-order valence-corrected chi connectivity index (χ2v) is 9.51. The average Bonchev–Trinajstić information content (AvgIpc) is 3.07. The van der Waals surface area contributed by atoms with Gasteiger partial charge in [-0.05, 0) is 37.7 Å². The summed E-state index contributed by atoms with van der Waals surface area (Å²) in [6.07, 6.45) is 0. The van der Waals surface area contributed by atoms with Crippen molar-refractivity contribution in [2.24, 2.45) is 4.99 Å². The normalized spacial score (nSPS) is 18.6. The third-order valence-electron chi connectivity index (χ3n) is 5.97. The summed E-state index contributed by atoms with van der Waals surface area (Å²) in [5.74, 6) is 1.07. The van der Waals surface area contributed by atoms with E-state index in [9.17, 15) is 0 Å². The van der Waals surface area contributed by atoms with E-state index in [2.05, 4.69) is 83.7 Å². The first-order chi connectivity index (χ1) is 15.2. The highest BCUT2D eigenvalue weighted by Crippen LogP contribution is 2.39. The number of para-hydroxylation sites is 2. The van der Waals surface area contributed by atoms with E-state index < -0.39 is 0 Å². The maximum absolute atomic E-state index is 6.10. The third kappa shape index (κ3) is 4.37. The molecule has 0 spiro atoms. The second-order valence-electron chi connectivity index (χ2n) is 8.26. The minimum Gasteiger partial charge on any atom is -0.375 e. The quantitative estimate of drug-likeness (QED) is 0.628. The number of benzene rings is 2. The smallest absolute Gasteiger partial charge is 0.139 e. The Morgan fingerprint density at radius 3 is 2.77 bits per heavy atom. The summed E-state index contributed by atoms with van der Waals surface area (Å²) in [4.78, 5) is 11.3. The lowest BCUT2D eigenvalue weighted by atomic mass is 10.1.